The van der Waals surface area contributed by atoms with Crippen LogP contribution >= 0.6 is 23.2 Å². The Balaban J connectivity index is 1.89. The molecule has 0 bridgehead atoms. The lowest BCUT2D eigenvalue weighted by molar-refractivity contribution is -0.100. The first-order chi connectivity index (χ1) is 10.4. The molecule has 0 radical (unpaired) electrons. The molecule has 4 nitrogen and oxygen atoms in total. The standard InChI is InChI=1S/C16H13Cl2NO3/c1-19-15(20)11-4-2-3-5-12(11)16(19,21)9-22-14-7-6-10(17)8-13(14)18/h2-8,21H,9H2,1H3. The number of carbonyl (C=O) groups excluding carboxylic acids is 1. The number of likely N-dealkylation sites (N-methyl/N-ethyl adjacent to an activating group) is 1. The van der Waals surface area contributed by atoms with Crippen LogP contribution in [0, 0.1) is 0 Å². The molecule has 0 aromatic heterocycles. The molecule has 0 saturated heterocycles. The molecule has 0 saturated carbocycles. The van der Waals surface area contributed by atoms with E-state index in [1.54, 1.807) is 42.5 Å². The summed E-state index contributed by atoms with van der Waals surface area (Å²) in [5.41, 5.74) is -0.540. The molecule has 0 spiro atoms. The SMILES string of the molecule is CN1C(=O)c2ccccc2C1(O)COc1ccc(Cl)cc1Cl. The second-order valence-electron chi connectivity index (χ2n) is 5.09. The minimum absolute atomic E-state index is 0.131. The van der Waals surface area contributed by atoms with Gasteiger partial charge in [-0.3, -0.25) is 4.79 Å². The summed E-state index contributed by atoms with van der Waals surface area (Å²) in [7, 11) is 1.54. The van der Waals surface area contributed by atoms with Gasteiger partial charge in [-0.15, -0.1) is 0 Å². The summed E-state index contributed by atoms with van der Waals surface area (Å²) >= 11 is 11.9. The van der Waals surface area contributed by atoms with E-state index in [0.29, 0.717) is 26.9 Å². The van der Waals surface area contributed by atoms with E-state index in [4.69, 9.17) is 27.9 Å². The molecular formula is C16H13Cl2NO3. The molecule has 114 valence electrons. The van der Waals surface area contributed by atoms with Crippen molar-refractivity contribution in [2.75, 3.05) is 13.7 Å². The third-order valence-corrected chi connectivity index (χ3v) is 4.30. The van der Waals surface area contributed by atoms with Crippen LogP contribution in [0.1, 0.15) is 15.9 Å². The van der Waals surface area contributed by atoms with Crippen molar-refractivity contribution >= 4 is 29.1 Å². The molecule has 2 aromatic rings. The Morgan fingerprint density at radius 1 is 1.23 bits per heavy atom. The zero-order valence-corrected chi connectivity index (χ0v) is 13.2. The summed E-state index contributed by atoms with van der Waals surface area (Å²) < 4.78 is 5.62. The van der Waals surface area contributed by atoms with Crippen LogP contribution in [-0.4, -0.2) is 29.6 Å². The summed E-state index contributed by atoms with van der Waals surface area (Å²) in [6.07, 6.45) is 0. The van der Waals surface area contributed by atoms with Crippen LogP contribution < -0.4 is 4.74 Å². The van der Waals surface area contributed by atoms with Crippen LogP contribution in [0.25, 0.3) is 0 Å². The van der Waals surface area contributed by atoms with Crippen LogP contribution in [0.4, 0.5) is 0 Å². The van der Waals surface area contributed by atoms with E-state index < -0.39 is 5.72 Å². The lowest BCUT2D eigenvalue weighted by Gasteiger charge is -2.31. The van der Waals surface area contributed by atoms with Gasteiger partial charge in [-0.1, -0.05) is 41.4 Å². The first kappa shape index (κ1) is 15.2. The van der Waals surface area contributed by atoms with E-state index >= 15 is 0 Å². The van der Waals surface area contributed by atoms with E-state index in [9.17, 15) is 9.90 Å². The van der Waals surface area contributed by atoms with Gasteiger partial charge in [-0.25, -0.2) is 0 Å². The van der Waals surface area contributed by atoms with Crippen molar-refractivity contribution in [3.63, 3.8) is 0 Å². The largest absolute Gasteiger partial charge is 0.487 e. The quantitative estimate of drug-likeness (QED) is 0.934. The van der Waals surface area contributed by atoms with Crippen molar-refractivity contribution < 1.29 is 14.6 Å². The van der Waals surface area contributed by atoms with Crippen LogP contribution in [-0.2, 0) is 5.72 Å². The van der Waals surface area contributed by atoms with Crippen LogP contribution in [0.3, 0.4) is 0 Å². The Morgan fingerprint density at radius 3 is 2.68 bits per heavy atom. The predicted molar refractivity (Wildman–Crippen MR) is 84.4 cm³/mol. The fraction of sp³-hybridized carbons (Fsp3) is 0.188. The van der Waals surface area contributed by atoms with Gasteiger partial charge in [0.1, 0.15) is 12.4 Å². The van der Waals surface area contributed by atoms with Crippen molar-refractivity contribution in [1.82, 2.24) is 4.90 Å². The highest BCUT2D eigenvalue weighted by atomic mass is 35.5. The Kier molecular flexibility index (Phi) is 3.77. The lowest BCUT2D eigenvalue weighted by atomic mass is 10.0. The molecule has 1 aliphatic rings. The Morgan fingerprint density at radius 2 is 1.95 bits per heavy atom. The number of carbonyl (C=O) groups is 1. The molecule has 6 heteroatoms. The summed E-state index contributed by atoms with van der Waals surface area (Å²) in [5, 5.41) is 11.7. The van der Waals surface area contributed by atoms with Gasteiger partial charge in [0.15, 0.2) is 0 Å². The molecule has 2 aromatic carbocycles. The number of ether oxygens (including phenoxy) is 1. The lowest BCUT2D eigenvalue weighted by Crippen LogP contribution is -2.45. The van der Waals surface area contributed by atoms with E-state index in [1.807, 2.05) is 0 Å². The minimum atomic E-state index is -1.53. The number of amides is 1. The maximum absolute atomic E-state index is 12.2. The van der Waals surface area contributed by atoms with E-state index in [1.165, 1.54) is 11.9 Å². The third-order valence-electron chi connectivity index (χ3n) is 3.77. The molecule has 0 aliphatic carbocycles. The topological polar surface area (TPSA) is 49.8 Å². The number of aliphatic hydroxyl groups is 1. The summed E-state index contributed by atoms with van der Waals surface area (Å²) in [4.78, 5) is 13.5. The summed E-state index contributed by atoms with van der Waals surface area (Å²) in [6, 6.07) is 11.7. The van der Waals surface area contributed by atoms with Gasteiger partial charge in [0, 0.05) is 23.2 Å². The molecule has 1 atom stereocenters. The first-order valence-electron chi connectivity index (χ1n) is 6.61. The molecule has 1 unspecified atom stereocenters. The van der Waals surface area contributed by atoms with Crippen molar-refractivity contribution in [3.8, 4) is 5.75 Å². The van der Waals surface area contributed by atoms with Crippen LogP contribution in [0.5, 0.6) is 5.75 Å². The van der Waals surface area contributed by atoms with Crippen molar-refractivity contribution in [2.24, 2.45) is 0 Å². The monoisotopic (exact) mass is 337 g/mol. The molecular weight excluding hydrogens is 325 g/mol. The fourth-order valence-electron chi connectivity index (χ4n) is 2.49. The molecule has 1 N–H and O–H groups in total. The second kappa shape index (κ2) is 5.47. The van der Waals surface area contributed by atoms with Gasteiger partial charge >= 0.3 is 0 Å². The highest BCUT2D eigenvalue weighted by Gasteiger charge is 2.47. The van der Waals surface area contributed by atoms with Crippen molar-refractivity contribution in [3.05, 3.63) is 63.6 Å². The molecule has 1 heterocycles. The summed E-state index contributed by atoms with van der Waals surface area (Å²) in [5.74, 6) is 0.147. The Hall–Kier alpha value is -1.75. The number of halogens is 2. The molecule has 0 fully saturated rings. The van der Waals surface area contributed by atoms with Crippen molar-refractivity contribution in [2.45, 2.75) is 5.72 Å². The highest BCUT2D eigenvalue weighted by molar-refractivity contribution is 6.35. The number of hydrogen-bond acceptors (Lipinski definition) is 3. The number of benzene rings is 2. The maximum atomic E-state index is 12.2. The van der Waals surface area contributed by atoms with Gasteiger partial charge in [0.2, 0.25) is 5.72 Å². The highest BCUT2D eigenvalue weighted by Crippen LogP contribution is 2.37. The van der Waals surface area contributed by atoms with E-state index in [0.717, 1.165) is 0 Å². The predicted octanol–water partition coefficient (Wildman–Crippen LogP) is 3.30. The second-order valence-corrected chi connectivity index (χ2v) is 5.93. The molecule has 1 amide bonds. The minimum Gasteiger partial charge on any atom is -0.487 e. The van der Waals surface area contributed by atoms with E-state index in [-0.39, 0.29) is 12.5 Å². The van der Waals surface area contributed by atoms with Gasteiger partial charge in [-0.2, -0.15) is 0 Å². The number of nitrogens with zero attached hydrogens (tertiary/aromatic N) is 1. The fourth-order valence-corrected chi connectivity index (χ4v) is 2.96. The first-order valence-corrected chi connectivity index (χ1v) is 7.37. The van der Waals surface area contributed by atoms with Gasteiger partial charge < -0.3 is 14.7 Å². The summed E-state index contributed by atoms with van der Waals surface area (Å²) in [6.45, 7) is -0.131. The van der Waals surface area contributed by atoms with Crippen molar-refractivity contribution in [1.29, 1.82) is 0 Å². The van der Waals surface area contributed by atoms with Crippen LogP contribution in [0.15, 0.2) is 42.5 Å². The number of rotatable bonds is 3. The van der Waals surface area contributed by atoms with Gasteiger partial charge in [0.05, 0.1) is 5.02 Å². The Labute approximate surface area is 137 Å². The van der Waals surface area contributed by atoms with Crippen LogP contribution in [0.2, 0.25) is 10.0 Å². The molecule has 22 heavy (non-hydrogen) atoms. The normalized spacial score (nSPS) is 20.2. The third kappa shape index (κ3) is 2.33. The zero-order chi connectivity index (χ0) is 15.9. The smallest absolute Gasteiger partial charge is 0.256 e. The molecule has 3 rings (SSSR count). The average molecular weight is 338 g/mol. The zero-order valence-electron chi connectivity index (χ0n) is 11.7. The average Bonchev–Trinajstić information content (AvgIpc) is 2.70. The van der Waals surface area contributed by atoms with Gasteiger partial charge in [0.25, 0.3) is 5.91 Å². The van der Waals surface area contributed by atoms with E-state index in [2.05, 4.69) is 0 Å². The maximum Gasteiger partial charge on any atom is 0.256 e. The number of fused-ring (bicyclic) bond motifs is 1. The number of hydrogen-bond donors (Lipinski definition) is 1. The molecule has 1 aliphatic heterocycles. The van der Waals surface area contributed by atoms with Gasteiger partial charge in [-0.05, 0) is 24.3 Å². The Bertz CT molecular complexity index is 750.